The Kier molecular flexibility index (Phi) is 7.30. The van der Waals surface area contributed by atoms with E-state index in [1.807, 2.05) is 0 Å². The van der Waals surface area contributed by atoms with Gasteiger partial charge in [0, 0.05) is 16.7 Å². The molecule has 0 unspecified atom stereocenters. The fourth-order valence-electron chi connectivity index (χ4n) is 6.68. The number of benzene rings is 3. The first-order chi connectivity index (χ1) is 21.7. The van der Waals surface area contributed by atoms with Crippen LogP contribution < -0.4 is 18.7 Å². The summed E-state index contributed by atoms with van der Waals surface area (Å²) in [6, 6.07) is 10.5. The van der Waals surface area contributed by atoms with Gasteiger partial charge in [0.05, 0.1) is 11.1 Å². The third kappa shape index (κ3) is 4.96. The number of fused-ring (bicyclic) bond motifs is 8. The molecule has 10 nitrogen and oxygen atoms in total. The molecule has 3 aliphatic rings. The number of halogens is 6. The molecule has 0 bridgehead atoms. The van der Waals surface area contributed by atoms with Gasteiger partial charge < -0.3 is 18.2 Å². The molecule has 19 heteroatoms. The van der Waals surface area contributed by atoms with E-state index >= 15 is 0 Å². The van der Waals surface area contributed by atoms with Crippen LogP contribution in [0, 0.1) is 0 Å². The first kappa shape index (κ1) is 32.8. The van der Waals surface area contributed by atoms with Gasteiger partial charge in [-0.2, -0.15) is 43.2 Å². The number of carboxylic acid groups (broad SMARTS) is 1. The lowest BCUT2D eigenvalue weighted by atomic mass is 9.78. The van der Waals surface area contributed by atoms with Crippen LogP contribution in [0.5, 0.6) is 11.5 Å². The van der Waals surface area contributed by atoms with Crippen molar-refractivity contribution in [1.82, 2.24) is 0 Å². The molecule has 0 radical (unpaired) electrons. The maximum absolute atomic E-state index is 13.3. The third-order valence-corrected chi connectivity index (χ3v) is 15.8. The van der Waals surface area contributed by atoms with Crippen LogP contribution in [0.4, 0.5) is 26.3 Å². The van der Waals surface area contributed by atoms with E-state index in [4.69, 9.17) is 4.74 Å². The van der Waals surface area contributed by atoms with Gasteiger partial charge >= 0.3 is 43.2 Å². The quantitative estimate of drug-likeness (QED) is 0.132. The van der Waals surface area contributed by atoms with Crippen molar-refractivity contribution in [1.29, 1.82) is 0 Å². The van der Waals surface area contributed by atoms with Crippen LogP contribution in [0.1, 0.15) is 56.7 Å². The zero-order valence-corrected chi connectivity index (χ0v) is 26.1. The van der Waals surface area contributed by atoms with Crippen molar-refractivity contribution in [2.45, 2.75) is 48.0 Å². The van der Waals surface area contributed by atoms with E-state index in [0.717, 1.165) is 36.4 Å². The maximum atomic E-state index is 13.3. The minimum Gasteiger partial charge on any atom is -0.478 e. The summed E-state index contributed by atoms with van der Waals surface area (Å²) in [5.74, 6) is -3.84. The number of carbonyl (C=O) groups excluding carboxylic acids is 1. The second kappa shape index (κ2) is 10.4. The van der Waals surface area contributed by atoms with Crippen LogP contribution in [0.2, 0.25) is 12.1 Å². The number of hydrogen-bond donors (Lipinski definition) is 1. The summed E-state index contributed by atoms with van der Waals surface area (Å²) in [5.41, 5.74) is -13.7. The van der Waals surface area contributed by atoms with E-state index in [9.17, 15) is 57.9 Å². The summed E-state index contributed by atoms with van der Waals surface area (Å²) in [7, 11) is -15.7. The summed E-state index contributed by atoms with van der Waals surface area (Å²) in [5, 5.41) is 10.1. The molecule has 3 aromatic rings. The minimum atomic E-state index is -6.15. The molecule has 2 spiro atoms. The fourth-order valence-corrected chi connectivity index (χ4v) is 13.3. The number of rotatable bonds is 5. The monoisotopic (exact) mass is 722 g/mol. The molecule has 1 N–H and O–H groups in total. The smallest absolute Gasteiger partial charge is 0.478 e. The summed E-state index contributed by atoms with van der Waals surface area (Å²) in [6.45, 7) is 0. The number of carboxylic acids is 1. The van der Waals surface area contributed by atoms with Gasteiger partial charge in [-0.05, 0) is 64.9 Å². The van der Waals surface area contributed by atoms with E-state index in [2.05, 4.69) is 8.37 Å². The molecule has 47 heavy (non-hydrogen) atoms. The van der Waals surface area contributed by atoms with E-state index < -0.39 is 68.4 Å². The lowest BCUT2D eigenvalue weighted by Gasteiger charge is -2.48. The van der Waals surface area contributed by atoms with Gasteiger partial charge in [0.25, 0.3) is 0 Å². The average Bonchev–Trinajstić information content (AvgIpc) is 3.27. The summed E-state index contributed by atoms with van der Waals surface area (Å²) in [6.07, 6.45) is 1.74. The van der Waals surface area contributed by atoms with Crippen LogP contribution in [0.15, 0.2) is 54.6 Å². The molecule has 6 rings (SSSR count). The van der Waals surface area contributed by atoms with E-state index in [-0.39, 0.29) is 38.2 Å². The van der Waals surface area contributed by atoms with Crippen molar-refractivity contribution >= 4 is 50.6 Å². The number of ether oxygens (including phenoxy) is 1. The van der Waals surface area contributed by atoms with E-state index in [0.29, 0.717) is 31.4 Å². The number of carbonyl (C=O) groups is 2. The van der Waals surface area contributed by atoms with Crippen LogP contribution in [0.3, 0.4) is 0 Å². The van der Waals surface area contributed by atoms with Gasteiger partial charge in [0.1, 0.15) is 19.6 Å². The predicted molar refractivity (Wildman–Crippen MR) is 151 cm³/mol. The molecule has 3 aliphatic heterocycles. The lowest BCUT2D eigenvalue weighted by molar-refractivity contribution is -0.0504. The summed E-state index contributed by atoms with van der Waals surface area (Å²) >= 11 is 0. The number of alkyl halides is 6. The molecular weight excluding hydrogens is 703 g/mol. The average molecular weight is 723 g/mol. The second-order valence-corrected chi connectivity index (χ2v) is 18.5. The highest BCUT2D eigenvalue weighted by Gasteiger charge is 2.59. The van der Waals surface area contributed by atoms with E-state index in [1.54, 1.807) is 0 Å². The van der Waals surface area contributed by atoms with E-state index in [1.165, 1.54) is 18.2 Å². The fraction of sp³-hybridized carbons (Fsp3) is 0.286. The zero-order valence-electron chi connectivity index (χ0n) is 23.4. The normalized spacial score (nSPS) is 18.2. The molecule has 0 aliphatic carbocycles. The molecule has 3 heterocycles. The van der Waals surface area contributed by atoms with Gasteiger partial charge in [-0.25, -0.2) is 9.59 Å². The maximum Gasteiger partial charge on any atom is 0.534 e. The largest absolute Gasteiger partial charge is 0.534 e. The first-order valence-corrected chi connectivity index (χ1v) is 18.9. The molecule has 0 saturated carbocycles. The van der Waals surface area contributed by atoms with Crippen molar-refractivity contribution in [2.75, 3.05) is 0 Å². The Morgan fingerprint density at radius 3 is 1.68 bits per heavy atom. The Morgan fingerprint density at radius 2 is 1.23 bits per heavy atom. The van der Waals surface area contributed by atoms with Gasteiger partial charge in [-0.15, -0.1) is 0 Å². The number of hydrogen-bond acceptors (Lipinski definition) is 9. The highest BCUT2D eigenvalue weighted by molar-refractivity contribution is 7.88. The molecule has 0 amide bonds. The topological polar surface area (TPSA) is 150 Å². The van der Waals surface area contributed by atoms with Crippen molar-refractivity contribution in [3.63, 3.8) is 0 Å². The standard InChI is InChI=1S/C28H20F6O10S2Si/c29-27(30,31)45(38,39)43-16-5-8-19-22(13-16)47(10-2-1-3-11-47)23-14-17(44-46(40,41)28(32,33)34)6-9-20(23)26(19)21-12-15(24(35)36)4-7-18(21)25(37)42-26/h4-9,12-14H,1-3,10-11H2,(H,35,36). The molecule has 1 saturated heterocycles. The molecular formula is C28H20F6O10S2Si. The Balaban J connectivity index is 1.68. The molecule has 250 valence electrons. The summed E-state index contributed by atoms with van der Waals surface area (Å²) in [4.78, 5) is 25.3. The van der Waals surface area contributed by atoms with Crippen molar-refractivity contribution < 1.29 is 71.0 Å². The Labute approximate surface area is 263 Å². The third-order valence-electron chi connectivity index (χ3n) is 8.57. The number of esters is 1. The Morgan fingerprint density at radius 1 is 0.745 bits per heavy atom. The van der Waals surface area contributed by atoms with Crippen LogP contribution in [-0.2, 0) is 30.6 Å². The molecule has 0 atom stereocenters. The van der Waals surface area contributed by atoms with Gasteiger partial charge in [0.2, 0.25) is 0 Å². The highest BCUT2D eigenvalue weighted by atomic mass is 32.2. The second-order valence-electron chi connectivity index (χ2n) is 11.2. The van der Waals surface area contributed by atoms with Crippen molar-refractivity contribution in [3.8, 4) is 11.5 Å². The Bertz CT molecular complexity index is 1970. The van der Waals surface area contributed by atoms with Crippen molar-refractivity contribution in [3.05, 3.63) is 82.4 Å². The van der Waals surface area contributed by atoms with Gasteiger partial charge in [0.15, 0.2) is 5.60 Å². The van der Waals surface area contributed by atoms with Crippen molar-refractivity contribution in [2.24, 2.45) is 0 Å². The first-order valence-electron chi connectivity index (χ1n) is 13.7. The summed E-state index contributed by atoms with van der Waals surface area (Å²) < 4.78 is 142. The zero-order chi connectivity index (χ0) is 34.4. The van der Waals surface area contributed by atoms with Gasteiger partial charge in [-0.1, -0.05) is 31.4 Å². The van der Waals surface area contributed by atoms with Gasteiger partial charge in [-0.3, -0.25) is 0 Å². The lowest BCUT2D eigenvalue weighted by Crippen LogP contribution is -2.67. The van der Waals surface area contributed by atoms with Crippen LogP contribution in [0.25, 0.3) is 0 Å². The minimum absolute atomic E-state index is 0.0160. The molecule has 3 aromatic carbocycles. The molecule has 1 fully saturated rings. The number of aromatic carboxylic acids is 1. The van der Waals surface area contributed by atoms with Crippen LogP contribution >= 0.6 is 0 Å². The van der Waals surface area contributed by atoms with Crippen LogP contribution in [-0.4, -0.2) is 53.0 Å². The Hall–Kier alpha value is -4.10. The SMILES string of the molecule is O=C(O)c1ccc2c(c1)C1(OC2=O)c2ccc(OS(=O)(=O)C(F)(F)F)cc2[Si]2(CCCCC2)c2cc(OS(=O)(=O)C(F)(F)F)ccc21. The molecule has 0 aromatic heterocycles. The predicted octanol–water partition coefficient (Wildman–Crippen LogP) is 4.36. The highest BCUT2D eigenvalue weighted by Crippen LogP contribution is 2.51.